The maximum absolute atomic E-state index is 13.6. The number of nitrogens with zero attached hydrogens (tertiary/aromatic N) is 2. The first-order valence-corrected chi connectivity index (χ1v) is 12.6. The fraction of sp³-hybridized carbons (Fsp3) is 0.333. The molecule has 1 aromatic heterocycles. The van der Waals surface area contributed by atoms with Gasteiger partial charge in [0.05, 0.1) is 32.4 Å². The van der Waals surface area contributed by atoms with E-state index >= 15 is 0 Å². The van der Waals surface area contributed by atoms with Crippen LogP contribution in [0.4, 0.5) is 13.2 Å². The Morgan fingerprint density at radius 2 is 1.84 bits per heavy atom. The van der Waals surface area contributed by atoms with Crippen molar-refractivity contribution in [2.75, 3.05) is 13.1 Å². The molecule has 2 aliphatic rings. The third-order valence-corrected chi connectivity index (χ3v) is 7.95. The summed E-state index contributed by atoms with van der Waals surface area (Å²) in [5.41, 5.74) is 0.844. The van der Waals surface area contributed by atoms with Crippen molar-refractivity contribution in [2.24, 2.45) is 11.3 Å². The minimum Gasteiger partial charge on any atom is -0.513 e. The molecule has 5 rings (SSSR count). The first kappa shape index (κ1) is 26.4. The number of allylic oxidation sites excluding steroid dienone is 1. The summed E-state index contributed by atoms with van der Waals surface area (Å²) < 4.78 is 43.3. The standard InChI is InChI=1S/C27H23Cl2F3N2O4/c1-14-7-18(38-27(30,31)32)9-17-5-6-34(23(14)17)25(37)21-20(28)4-3-19(22(21)29)24(36)33-12-26(13-33)10-16(11-26)8-15(2)35/h3-7,9,16,35H,2,8,10-13H2,1H3. The van der Waals surface area contributed by atoms with E-state index in [0.717, 1.165) is 12.8 Å². The Kier molecular flexibility index (Phi) is 6.43. The van der Waals surface area contributed by atoms with E-state index in [1.165, 1.54) is 41.1 Å². The number of hydrogen-bond donors (Lipinski definition) is 1. The van der Waals surface area contributed by atoms with Gasteiger partial charge in [-0.25, -0.2) is 0 Å². The van der Waals surface area contributed by atoms with E-state index in [4.69, 9.17) is 23.2 Å². The molecule has 0 atom stereocenters. The first-order chi connectivity index (χ1) is 17.8. The topological polar surface area (TPSA) is 71.8 Å². The summed E-state index contributed by atoms with van der Waals surface area (Å²) in [6, 6.07) is 6.77. The Morgan fingerprint density at radius 1 is 1.16 bits per heavy atom. The smallest absolute Gasteiger partial charge is 0.513 e. The molecule has 11 heteroatoms. The summed E-state index contributed by atoms with van der Waals surface area (Å²) >= 11 is 12.9. The van der Waals surface area contributed by atoms with Crippen molar-refractivity contribution in [1.29, 1.82) is 0 Å². The lowest BCUT2D eigenvalue weighted by Crippen LogP contribution is -2.63. The Balaban J connectivity index is 1.39. The Hall–Kier alpha value is -3.17. The summed E-state index contributed by atoms with van der Waals surface area (Å²) in [5.74, 6) is -0.804. The van der Waals surface area contributed by atoms with Gasteiger partial charge in [0, 0.05) is 36.5 Å². The van der Waals surface area contributed by atoms with Crippen LogP contribution in [0, 0.1) is 18.3 Å². The minimum atomic E-state index is -4.85. The van der Waals surface area contributed by atoms with Crippen molar-refractivity contribution in [3.63, 3.8) is 0 Å². The van der Waals surface area contributed by atoms with Crippen LogP contribution in [0.5, 0.6) is 5.75 Å². The number of aliphatic hydroxyl groups is 1. The molecule has 38 heavy (non-hydrogen) atoms. The number of carbonyl (C=O) groups is 2. The number of halogens is 5. The summed E-state index contributed by atoms with van der Waals surface area (Å²) in [4.78, 5) is 28.5. The van der Waals surface area contributed by atoms with Gasteiger partial charge in [-0.15, -0.1) is 13.2 Å². The van der Waals surface area contributed by atoms with Gasteiger partial charge in [-0.3, -0.25) is 14.2 Å². The average molecular weight is 567 g/mol. The first-order valence-electron chi connectivity index (χ1n) is 11.8. The molecule has 0 bridgehead atoms. The molecule has 2 heterocycles. The minimum absolute atomic E-state index is 0.0409. The monoisotopic (exact) mass is 566 g/mol. The van der Waals surface area contributed by atoms with E-state index in [-0.39, 0.29) is 38.3 Å². The van der Waals surface area contributed by atoms with Crippen LogP contribution in [0.1, 0.15) is 45.5 Å². The highest BCUT2D eigenvalue weighted by molar-refractivity contribution is 6.41. The van der Waals surface area contributed by atoms with Crippen LogP contribution in [0.25, 0.3) is 10.9 Å². The molecule has 0 unspecified atom stereocenters. The highest BCUT2D eigenvalue weighted by Crippen LogP contribution is 2.54. The zero-order valence-electron chi connectivity index (χ0n) is 20.2. The summed E-state index contributed by atoms with van der Waals surface area (Å²) in [7, 11) is 0. The third kappa shape index (κ3) is 4.73. The maximum Gasteiger partial charge on any atom is 0.573 e. The third-order valence-electron chi connectivity index (χ3n) is 7.24. The molecule has 2 fully saturated rings. The molecule has 6 nitrogen and oxygen atoms in total. The molecule has 0 radical (unpaired) electrons. The number of aromatic nitrogens is 1. The quantitative estimate of drug-likeness (QED) is 0.332. The number of hydrogen-bond acceptors (Lipinski definition) is 4. The molecule has 200 valence electrons. The number of carbonyl (C=O) groups excluding carboxylic acids is 2. The fourth-order valence-electron chi connectivity index (χ4n) is 5.83. The number of rotatable bonds is 5. The van der Waals surface area contributed by atoms with E-state index in [1.54, 1.807) is 11.8 Å². The van der Waals surface area contributed by atoms with Gasteiger partial charge in [0.2, 0.25) is 0 Å². The van der Waals surface area contributed by atoms with Gasteiger partial charge >= 0.3 is 6.36 Å². The number of aryl methyl sites for hydroxylation is 1. The maximum atomic E-state index is 13.6. The number of aliphatic hydroxyl groups excluding tert-OH is 1. The Bertz CT molecular complexity index is 1480. The number of benzene rings is 2. The molecule has 1 saturated carbocycles. The molecule has 3 aromatic rings. The fourth-order valence-corrected chi connectivity index (χ4v) is 6.45. The molecule has 1 N–H and O–H groups in total. The lowest BCUT2D eigenvalue weighted by atomic mass is 9.57. The van der Waals surface area contributed by atoms with Crippen molar-refractivity contribution in [3.8, 4) is 5.75 Å². The molecule has 1 aliphatic heterocycles. The Morgan fingerprint density at radius 3 is 2.47 bits per heavy atom. The number of fused-ring (bicyclic) bond motifs is 1. The van der Waals surface area contributed by atoms with E-state index in [2.05, 4.69) is 11.3 Å². The van der Waals surface area contributed by atoms with Crippen molar-refractivity contribution < 1.29 is 32.6 Å². The SMILES string of the molecule is C=C(O)CC1CC2(C1)CN(C(=O)c1ccc(Cl)c(C(=O)n3ccc4cc(OC(F)(F)F)cc(C)c43)c1Cl)C2. The normalized spacial score (nSPS) is 16.8. The van der Waals surface area contributed by atoms with Crippen LogP contribution in [0.15, 0.2) is 48.9 Å². The number of amides is 1. The van der Waals surface area contributed by atoms with E-state index in [9.17, 15) is 27.9 Å². The molecule has 1 spiro atoms. The van der Waals surface area contributed by atoms with Gasteiger partial charge in [-0.2, -0.15) is 0 Å². The number of ether oxygens (including phenoxy) is 1. The molecular formula is C27H23Cl2F3N2O4. The van der Waals surface area contributed by atoms with Gasteiger partial charge in [-0.05, 0) is 61.6 Å². The number of alkyl halides is 3. The zero-order valence-corrected chi connectivity index (χ0v) is 21.8. The van der Waals surface area contributed by atoms with Gasteiger partial charge < -0.3 is 14.7 Å². The second-order valence-corrected chi connectivity index (χ2v) is 11.0. The van der Waals surface area contributed by atoms with Crippen LogP contribution in [-0.4, -0.2) is 45.8 Å². The van der Waals surface area contributed by atoms with Gasteiger partial charge in [0.15, 0.2) is 0 Å². The van der Waals surface area contributed by atoms with Crippen LogP contribution in [0.2, 0.25) is 10.0 Å². The lowest BCUT2D eigenvalue weighted by Gasteiger charge is -2.59. The van der Waals surface area contributed by atoms with Gasteiger partial charge in [0.1, 0.15) is 5.75 Å². The molecule has 1 aliphatic carbocycles. The lowest BCUT2D eigenvalue weighted by molar-refractivity contribution is -0.274. The van der Waals surface area contributed by atoms with E-state index < -0.39 is 18.0 Å². The van der Waals surface area contributed by atoms with Crippen molar-refractivity contribution >= 4 is 45.9 Å². The van der Waals surface area contributed by atoms with Crippen molar-refractivity contribution in [2.45, 2.75) is 32.5 Å². The summed E-state index contributed by atoms with van der Waals surface area (Å²) in [6.45, 7) is 6.22. The highest BCUT2D eigenvalue weighted by atomic mass is 35.5. The molecule has 2 aromatic carbocycles. The van der Waals surface area contributed by atoms with E-state index in [1.807, 2.05) is 0 Å². The van der Waals surface area contributed by atoms with Crippen LogP contribution in [-0.2, 0) is 0 Å². The second-order valence-electron chi connectivity index (χ2n) is 10.2. The van der Waals surface area contributed by atoms with Gasteiger partial charge in [-0.1, -0.05) is 29.8 Å². The van der Waals surface area contributed by atoms with E-state index in [0.29, 0.717) is 41.9 Å². The van der Waals surface area contributed by atoms with Crippen LogP contribution >= 0.6 is 23.2 Å². The number of likely N-dealkylation sites (tertiary alicyclic amines) is 1. The predicted octanol–water partition coefficient (Wildman–Crippen LogP) is 7.16. The summed E-state index contributed by atoms with van der Waals surface area (Å²) in [5, 5.41) is 9.70. The van der Waals surface area contributed by atoms with Gasteiger partial charge in [0.25, 0.3) is 11.8 Å². The zero-order chi connectivity index (χ0) is 27.6. The van der Waals surface area contributed by atoms with Crippen LogP contribution in [0.3, 0.4) is 0 Å². The van der Waals surface area contributed by atoms with Crippen molar-refractivity contribution in [1.82, 2.24) is 9.47 Å². The molecule has 1 amide bonds. The van der Waals surface area contributed by atoms with Crippen LogP contribution < -0.4 is 4.74 Å². The Labute approximate surface area is 226 Å². The average Bonchev–Trinajstić information content (AvgIpc) is 3.17. The summed E-state index contributed by atoms with van der Waals surface area (Å²) in [6.07, 6.45) is -1.06. The highest BCUT2D eigenvalue weighted by Gasteiger charge is 2.53. The molecule has 1 saturated heterocycles. The largest absolute Gasteiger partial charge is 0.573 e. The molecular weight excluding hydrogens is 544 g/mol. The van der Waals surface area contributed by atoms with Crippen molar-refractivity contribution in [3.05, 3.63) is 75.6 Å². The predicted molar refractivity (Wildman–Crippen MR) is 137 cm³/mol. The second kappa shape index (κ2) is 9.24.